The Morgan fingerprint density at radius 2 is 1.10 bits per heavy atom. The topological polar surface area (TPSA) is 39.9 Å². The molecular weight excluding hydrogens is 775 g/mol. The second-order valence-corrected chi connectivity index (χ2v) is 17.5. The molecule has 0 N–H and O–H groups in total. The molecule has 4 heterocycles. The van der Waals surface area contributed by atoms with E-state index in [1.54, 1.807) is 11.3 Å². The van der Waals surface area contributed by atoms with Crippen LogP contribution in [0.15, 0.2) is 200 Å². The van der Waals surface area contributed by atoms with Gasteiger partial charge in [0, 0.05) is 48.8 Å². The van der Waals surface area contributed by atoms with Gasteiger partial charge in [-0.05, 0) is 106 Å². The Balaban J connectivity index is 1.05. The first-order valence-electron chi connectivity index (χ1n) is 21.1. The third-order valence-electron chi connectivity index (χ3n) is 13.2. The highest BCUT2D eigenvalue weighted by atomic mass is 32.1. The molecule has 62 heavy (non-hydrogen) atoms. The summed E-state index contributed by atoms with van der Waals surface area (Å²) in [4.78, 5) is 11.0. The lowest BCUT2D eigenvalue weighted by Crippen LogP contribution is -2.32. The van der Waals surface area contributed by atoms with Gasteiger partial charge in [0.05, 0.1) is 32.4 Å². The van der Waals surface area contributed by atoms with Crippen LogP contribution in [0.1, 0.15) is 22.3 Å². The van der Waals surface area contributed by atoms with Crippen molar-refractivity contribution in [2.75, 3.05) is 0 Å². The van der Waals surface area contributed by atoms with E-state index in [-0.39, 0.29) is 0 Å². The summed E-state index contributed by atoms with van der Waals surface area (Å²) in [6.07, 6.45) is 0. The van der Waals surface area contributed by atoms with Gasteiger partial charge in [0.2, 0.25) is 0 Å². The third-order valence-corrected chi connectivity index (χ3v) is 14.4. The predicted molar refractivity (Wildman–Crippen MR) is 255 cm³/mol. The van der Waals surface area contributed by atoms with Crippen molar-refractivity contribution in [1.82, 2.24) is 14.5 Å². The van der Waals surface area contributed by atoms with Crippen molar-refractivity contribution in [2.45, 2.75) is 5.41 Å². The van der Waals surface area contributed by atoms with Crippen molar-refractivity contribution < 1.29 is 4.74 Å². The van der Waals surface area contributed by atoms with E-state index in [9.17, 15) is 0 Å². The average molecular weight is 808 g/mol. The molecule has 1 spiro atoms. The highest BCUT2D eigenvalue weighted by Crippen LogP contribution is 2.63. The first-order valence-corrected chi connectivity index (χ1v) is 21.9. The highest BCUT2D eigenvalue weighted by molar-refractivity contribution is 7.26. The number of thiophene rings is 1. The van der Waals surface area contributed by atoms with Crippen LogP contribution in [0.5, 0.6) is 11.5 Å². The van der Waals surface area contributed by atoms with Crippen molar-refractivity contribution in [3.05, 3.63) is 222 Å². The summed E-state index contributed by atoms with van der Waals surface area (Å²) >= 11 is 1.77. The smallest absolute Gasteiger partial charge is 0.160 e. The predicted octanol–water partition coefficient (Wildman–Crippen LogP) is 14.9. The van der Waals surface area contributed by atoms with E-state index in [0.717, 1.165) is 66.3 Å². The van der Waals surface area contributed by atoms with Gasteiger partial charge in [-0.1, -0.05) is 127 Å². The fourth-order valence-corrected chi connectivity index (χ4v) is 11.8. The lowest BCUT2D eigenvalue weighted by molar-refractivity contribution is 0.436. The van der Waals surface area contributed by atoms with Crippen LogP contribution in [0.2, 0.25) is 0 Å². The van der Waals surface area contributed by atoms with Gasteiger partial charge in [-0.2, -0.15) is 0 Å². The third kappa shape index (κ3) is 4.55. The van der Waals surface area contributed by atoms with Crippen LogP contribution >= 0.6 is 11.3 Å². The fourth-order valence-electron chi connectivity index (χ4n) is 10.6. The Labute approximate surface area is 360 Å². The molecule has 12 aromatic rings. The Morgan fingerprint density at radius 1 is 0.452 bits per heavy atom. The quantitative estimate of drug-likeness (QED) is 0.178. The van der Waals surface area contributed by atoms with Crippen LogP contribution in [0.4, 0.5) is 0 Å². The van der Waals surface area contributed by atoms with Crippen molar-refractivity contribution in [2.24, 2.45) is 0 Å². The van der Waals surface area contributed by atoms with Gasteiger partial charge >= 0.3 is 0 Å². The SMILES string of the molecule is c1ccc(-n2c3ccccc3c3cc(-c4nc(-c5ccc6c(c5)C5(c7ccccc7Oc7ccccc75)c5cc7ccccc7cc5-6)c5sc6ccccc6c5n4)ccc32)cc1. The van der Waals surface area contributed by atoms with Gasteiger partial charge in [0.1, 0.15) is 11.5 Å². The second kappa shape index (κ2) is 12.6. The molecule has 0 saturated carbocycles. The van der Waals surface area contributed by atoms with Crippen molar-refractivity contribution in [3.8, 4) is 51.0 Å². The second-order valence-electron chi connectivity index (χ2n) is 16.4. The van der Waals surface area contributed by atoms with Crippen molar-refractivity contribution in [1.29, 1.82) is 0 Å². The summed E-state index contributed by atoms with van der Waals surface area (Å²) in [5.41, 5.74) is 14.0. The number of hydrogen-bond donors (Lipinski definition) is 0. The van der Waals surface area contributed by atoms with Crippen LogP contribution < -0.4 is 4.74 Å². The van der Waals surface area contributed by atoms with Crippen LogP contribution in [-0.2, 0) is 5.41 Å². The van der Waals surface area contributed by atoms with Crippen molar-refractivity contribution in [3.63, 3.8) is 0 Å². The Morgan fingerprint density at radius 3 is 1.92 bits per heavy atom. The summed E-state index contributed by atoms with van der Waals surface area (Å²) < 4.78 is 11.3. The minimum absolute atomic E-state index is 0.622. The number of aromatic nitrogens is 3. The number of rotatable bonds is 3. The first-order chi connectivity index (χ1) is 30.7. The zero-order valence-electron chi connectivity index (χ0n) is 33.2. The number of ether oxygens (including phenoxy) is 1. The fraction of sp³-hybridized carbons (Fsp3) is 0.0175. The van der Waals surface area contributed by atoms with Gasteiger partial charge < -0.3 is 9.30 Å². The molecule has 0 unspecified atom stereocenters. The van der Waals surface area contributed by atoms with E-state index >= 15 is 0 Å². The van der Waals surface area contributed by atoms with Crippen LogP contribution in [0, 0.1) is 0 Å². The maximum absolute atomic E-state index is 6.72. The Kier molecular flexibility index (Phi) is 6.88. The zero-order chi connectivity index (χ0) is 40.5. The molecule has 9 aromatic carbocycles. The molecule has 0 saturated heterocycles. The minimum Gasteiger partial charge on any atom is -0.457 e. The minimum atomic E-state index is -0.622. The molecule has 3 aromatic heterocycles. The molecular formula is C57H33N3OS. The number of hydrogen-bond acceptors (Lipinski definition) is 4. The summed E-state index contributed by atoms with van der Waals surface area (Å²) in [5.74, 6) is 2.47. The van der Waals surface area contributed by atoms with Crippen LogP contribution in [0.25, 0.3) is 92.3 Å². The van der Waals surface area contributed by atoms with Gasteiger partial charge in [-0.25, -0.2) is 9.97 Å². The van der Waals surface area contributed by atoms with E-state index < -0.39 is 5.41 Å². The van der Waals surface area contributed by atoms with Gasteiger partial charge in [-0.15, -0.1) is 11.3 Å². The number of benzene rings is 9. The molecule has 4 nitrogen and oxygen atoms in total. The Bertz CT molecular complexity index is 3820. The molecule has 14 rings (SSSR count). The molecule has 0 radical (unpaired) electrons. The normalized spacial score (nSPS) is 13.4. The van der Waals surface area contributed by atoms with E-state index in [0.29, 0.717) is 5.82 Å². The van der Waals surface area contributed by atoms with E-state index in [1.807, 2.05) is 0 Å². The zero-order valence-corrected chi connectivity index (χ0v) is 34.0. The van der Waals surface area contributed by atoms with E-state index in [1.165, 1.54) is 54.0 Å². The monoisotopic (exact) mass is 807 g/mol. The summed E-state index contributed by atoms with van der Waals surface area (Å²) in [7, 11) is 0. The molecule has 288 valence electrons. The van der Waals surface area contributed by atoms with E-state index in [2.05, 4.69) is 205 Å². The van der Waals surface area contributed by atoms with Gasteiger partial charge in [-0.3, -0.25) is 0 Å². The Hall–Kier alpha value is -7.86. The lowest BCUT2D eigenvalue weighted by atomic mass is 9.65. The molecule has 0 amide bonds. The van der Waals surface area contributed by atoms with Crippen molar-refractivity contribution >= 4 is 64.2 Å². The average Bonchev–Trinajstić information content (AvgIpc) is 3.97. The standard InChI is InChI=1S/C57H33N3OS/c1-2-16-38(17-3-1)60-48-22-10-6-18-40(48)43-31-37(27-29-49(43)60)56-58-53(55-54(59-56)41-19-7-13-25-52(41)62-55)36-26-28-39-42-30-34-14-4-5-15-35(34)32-47(42)57(46(39)33-36)44-20-8-11-23-50(44)61-51-24-12-9-21-45(51)57/h1-33H. The van der Waals surface area contributed by atoms with Crippen LogP contribution in [0.3, 0.4) is 0 Å². The number of nitrogens with zero attached hydrogens (tertiary/aromatic N) is 3. The summed E-state index contributed by atoms with van der Waals surface area (Å²) in [5, 5.41) is 5.95. The first kappa shape index (κ1) is 33.9. The van der Waals surface area contributed by atoms with Gasteiger partial charge in [0.15, 0.2) is 5.82 Å². The highest BCUT2D eigenvalue weighted by Gasteiger charge is 2.51. The lowest BCUT2D eigenvalue weighted by Gasteiger charge is -2.39. The maximum Gasteiger partial charge on any atom is 0.160 e. The van der Waals surface area contributed by atoms with Gasteiger partial charge in [0.25, 0.3) is 0 Å². The molecule has 0 fully saturated rings. The maximum atomic E-state index is 6.72. The molecule has 0 bridgehead atoms. The number of fused-ring (bicyclic) bond motifs is 16. The van der Waals surface area contributed by atoms with Crippen LogP contribution in [-0.4, -0.2) is 14.5 Å². The molecule has 2 aliphatic rings. The number of para-hydroxylation sites is 4. The summed E-state index contributed by atoms with van der Waals surface area (Å²) in [6, 6.07) is 72.3. The molecule has 1 aliphatic carbocycles. The van der Waals surface area contributed by atoms with E-state index in [4.69, 9.17) is 14.7 Å². The largest absolute Gasteiger partial charge is 0.457 e. The molecule has 5 heteroatoms. The summed E-state index contributed by atoms with van der Waals surface area (Å²) in [6.45, 7) is 0. The molecule has 0 atom stereocenters. The molecule has 1 aliphatic heterocycles.